The van der Waals surface area contributed by atoms with Crippen LogP contribution in [0.2, 0.25) is 0 Å². The number of nitrogens with one attached hydrogen (secondary N) is 2. The summed E-state index contributed by atoms with van der Waals surface area (Å²) in [6.07, 6.45) is 1.39. The van der Waals surface area contributed by atoms with Gasteiger partial charge in [0, 0.05) is 6.04 Å². The van der Waals surface area contributed by atoms with Crippen molar-refractivity contribution >= 4 is 11.5 Å². The van der Waals surface area contributed by atoms with Crippen molar-refractivity contribution in [1.82, 2.24) is 25.0 Å². The first-order chi connectivity index (χ1) is 9.00. The summed E-state index contributed by atoms with van der Waals surface area (Å²) in [7, 11) is 0. The van der Waals surface area contributed by atoms with E-state index in [2.05, 4.69) is 25.6 Å². The number of nitro groups is 1. The van der Waals surface area contributed by atoms with Gasteiger partial charge in [0.25, 0.3) is 0 Å². The molecule has 0 aromatic carbocycles. The van der Waals surface area contributed by atoms with Crippen molar-refractivity contribution in [3.8, 4) is 0 Å². The Kier molecular flexibility index (Phi) is 3.45. The molecule has 2 aromatic heterocycles. The zero-order valence-corrected chi connectivity index (χ0v) is 10.9. The molecule has 0 aliphatic heterocycles. The molecule has 0 bridgehead atoms. The van der Waals surface area contributed by atoms with Crippen molar-refractivity contribution in [2.45, 2.75) is 33.4 Å². The quantitative estimate of drug-likeness (QED) is 0.624. The monoisotopic (exact) mass is 265 g/mol. The molecule has 0 fully saturated rings. The van der Waals surface area contributed by atoms with Crippen LogP contribution in [0.15, 0.2) is 6.33 Å². The Balaban J connectivity index is 2.32. The summed E-state index contributed by atoms with van der Waals surface area (Å²) in [5.74, 6) is 0.984. The molecule has 102 valence electrons. The molecule has 2 rings (SSSR count). The van der Waals surface area contributed by atoms with Gasteiger partial charge in [0.05, 0.1) is 11.5 Å². The molecule has 0 radical (unpaired) electrons. The molecular formula is C10H15N7O2. The van der Waals surface area contributed by atoms with E-state index in [-0.39, 0.29) is 11.7 Å². The van der Waals surface area contributed by atoms with Crippen molar-refractivity contribution in [1.29, 1.82) is 0 Å². The Morgan fingerprint density at radius 1 is 1.58 bits per heavy atom. The van der Waals surface area contributed by atoms with Crippen LogP contribution < -0.4 is 5.32 Å². The minimum absolute atomic E-state index is 0.00628. The molecule has 0 aliphatic carbocycles. The van der Waals surface area contributed by atoms with Crippen molar-refractivity contribution in [3.05, 3.63) is 28.0 Å². The third-order valence-corrected chi connectivity index (χ3v) is 2.61. The van der Waals surface area contributed by atoms with E-state index in [0.717, 1.165) is 0 Å². The number of nitrogens with zero attached hydrogens (tertiary/aromatic N) is 5. The number of hydrogen-bond donors (Lipinski definition) is 2. The van der Waals surface area contributed by atoms with Crippen LogP contribution in [0, 0.1) is 17.0 Å². The Bertz CT molecular complexity index is 573. The zero-order chi connectivity index (χ0) is 14.0. The summed E-state index contributed by atoms with van der Waals surface area (Å²) >= 11 is 0. The van der Waals surface area contributed by atoms with Crippen LogP contribution in [0.5, 0.6) is 0 Å². The summed E-state index contributed by atoms with van der Waals surface area (Å²) in [6, 6.07) is 0.0182. The first-order valence-electron chi connectivity index (χ1n) is 5.82. The van der Waals surface area contributed by atoms with Gasteiger partial charge in [-0.05, 0) is 20.8 Å². The fourth-order valence-electron chi connectivity index (χ4n) is 1.78. The SMILES string of the molecule is Cc1nn(C(C)C)c(NCc2ncn[nH]2)c1[N+](=O)[O-]. The lowest BCUT2D eigenvalue weighted by Gasteiger charge is -2.10. The molecule has 19 heavy (non-hydrogen) atoms. The molecule has 0 atom stereocenters. The third-order valence-electron chi connectivity index (χ3n) is 2.61. The zero-order valence-electron chi connectivity index (χ0n) is 10.9. The summed E-state index contributed by atoms with van der Waals surface area (Å²) < 4.78 is 1.60. The van der Waals surface area contributed by atoms with Crippen LogP contribution in [0.25, 0.3) is 0 Å². The lowest BCUT2D eigenvalue weighted by Crippen LogP contribution is -2.11. The van der Waals surface area contributed by atoms with Gasteiger partial charge >= 0.3 is 5.69 Å². The van der Waals surface area contributed by atoms with E-state index in [1.165, 1.54) is 6.33 Å². The number of rotatable bonds is 5. The molecule has 0 aliphatic rings. The molecule has 2 heterocycles. The second-order valence-corrected chi connectivity index (χ2v) is 4.36. The van der Waals surface area contributed by atoms with Crippen LogP contribution in [-0.2, 0) is 6.54 Å². The lowest BCUT2D eigenvalue weighted by atomic mass is 10.3. The highest BCUT2D eigenvalue weighted by atomic mass is 16.6. The molecule has 2 aromatic rings. The summed E-state index contributed by atoms with van der Waals surface area (Å²) in [4.78, 5) is 14.6. The third kappa shape index (κ3) is 2.54. The second-order valence-electron chi connectivity index (χ2n) is 4.36. The number of hydrogen-bond acceptors (Lipinski definition) is 6. The van der Waals surface area contributed by atoms with Gasteiger partial charge in [-0.25, -0.2) is 9.67 Å². The van der Waals surface area contributed by atoms with Gasteiger partial charge in [0.15, 0.2) is 0 Å². The molecule has 0 saturated carbocycles. The number of aryl methyl sites for hydroxylation is 1. The van der Waals surface area contributed by atoms with E-state index in [1.54, 1.807) is 11.6 Å². The number of aromatic amines is 1. The number of anilines is 1. The van der Waals surface area contributed by atoms with E-state index in [4.69, 9.17) is 0 Å². The van der Waals surface area contributed by atoms with Crippen molar-refractivity contribution in [2.75, 3.05) is 5.32 Å². The molecule has 9 heteroatoms. The van der Waals surface area contributed by atoms with E-state index < -0.39 is 4.92 Å². The van der Waals surface area contributed by atoms with Gasteiger partial charge in [-0.3, -0.25) is 15.2 Å². The summed E-state index contributed by atoms with van der Waals surface area (Å²) in [6.45, 7) is 5.76. The first-order valence-corrected chi connectivity index (χ1v) is 5.82. The first kappa shape index (κ1) is 13.0. The predicted octanol–water partition coefficient (Wildman–Crippen LogP) is 1.41. The highest BCUT2D eigenvalue weighted by molar-refractivity contribution is 5.59. The fourth-order valence-corrected chi connectivity index (χ4v) is 1.78. The van der Waals surface area contributed by atoms with Gasteiger partial charge in [0.1, 0.15) is 17.8 Å². The molecular weight excluding hydrogens is 250 g/mol. The molecule has 0 spiro atoms. The Morgan fingerprint density at radius 2 is 2.32 bits per heavy atom. The maximum absolute atomic E-state index is 11.1. The van der Waals surface area contributed by atoms with Crippen molar-refractivity contribution < 1.29 is 4.92 Å². The maximum Gasteiger partial charge on any atom is 0.333 e. The van der Waals surface area contributed by atoms with Crippen LogP contribution in [0.3, 0.4) is 0 Å². The van der Waals surface area contributed by atoms with Gasteiger partial charge in [-0.2, -0.15) is 10.2 Å². The molecule has 0 unspecified atom stereocenters. The Hall–Kier alpha value is -2.45. The van der Waals surface area contributed by atoms with Crippen LogP contribution in [0.4, 0.5) is 11.5 Å². The maximum atomic E-state index is 11.1. The molecule has 0 saturated heterocycles. The minimum atomic E-state index is -0.427. The van der Waals surface area contributed by atoms with Crippen LogP contribution in [-0.4, -0.2) is 29.9 Å². The van der Waals surface area contributed by atoms with E-state index in [0.29, 0.717) is 23.9 Å². The standard InChI is InChI=1S/C10H15N7O2/c1-6(2)16-10(9(17(18)19)7(3)15-16)11-4-8-12-5-13-14-8/h5-6,11H,4H2,1-3H3,(H,12,13,14). The molecule has 2 N–H and O–H groups in total. The largest absolute Gasteiger partial charge is 0.357 e. The van der Waals surface area contributed by atoms with Gasteiger partial charge in [0.2, 0.25) is 5.82 Å². The van der Waals surface area contributed by atoms with Crippen LogP contribution in [0.1, 0.15) is 31.4 Å². The highest BCUT2D eigenvalue weighted by Crippen LogP contribution is 2.30. The highest BCUT2D eigenvalue weighted by Gasteiger charge is 2.26. The average molecular weight is 265 g/mol. The summed E-state index contributed by atoms with van der Waals surface area (Å²) in [5.41, 5.74) is 0.381. The van der Waals surface area contributed by atoms with Gasteiger partial charge < -0.3 is 5.32 Å². The lowest BCUT2D eigenvalue weighted by molar-refractivity contribution is -0.384. The fraction of sp³-hybridized carbons (Fsp3) is 0.500. The second kappa shape index (κ2) is 5.04. The number of aromatic nitrogens is 5. The van der Waals surface area contributed by atoms with Crippen molar-refractivity contribution in [2.24, 2.45) is 0 Å². The topological polar surface area (TPSA) is 115 Å². The van der Waals surface area contributed by atoms with E-state index in [9.17, 15) is 10.1 Å². The normalized spacial score (nSPS) is 10.9. The molecule has 0 amide bonds. The van der Waals surface area contributed by atoms with E-state index >= 15 is 0 Å². The minimum Gasteiger partial charge on any atom is -0.357 e. The van der Waals surface area contributed by atoms with Gasteiger partial charge in [-0.1, -0.05) is 0 Å². The van der Waals surface area contributed by atoms with Gasteiger partial charge in [-0.15, -0.1) is 0 Å². The predicted molar refractivity (Wildman–Crippen MR) is 67.7 cm³/mol. The Labute approximate surface area is 109 Å². The number of H-pyrrole nitrogens is 1. The smallest absolute Gasteiger partial charge is 0.333 e. The van der Waals surface area contributed by atoms with Crippen LogP contribution >= 0.6 is 0 Å². The van der Waals surface area contributed by atoms with Crippen molar-refractivity contribution in [3.63, 3.8) is 0 Å². The van der Waals surface area contributed by atoms with E-state index in [1.807, 2.05) is 13.8 Å². The summed E-state index contributed by atoms with van der Waals surface area (Å²) in [5, 5.41) is 24.7. The molecule has 9 nitrogen and oxygen atoms in total. The Morgan fingerprint density at radius 3 is 2.84 bits per heavy atom. The average Bonchev–Trinajstić information content (AvgIpc) is 2.92.